The molecule has 0 aliphatic carbocycles. The number of thiazole rings is 1. The van der Waals surface area contributed by atoms with Gasteiger partial charge >= 0.3 is 0 Å². The maximum atomic E-state index is 6.57. The van der Waals surface area contributed by atoms with Crippen LogP contribution in [0.5, 0.6) is 5.75 Å². The molecule has 36 heavy (non-hydrogen) atoms. The van der Waals surface area contributed by atoms with E-state index in [9.17, 15) is 0 Å². The minimum atomic E-state index is -0.0411. The highest BCUT2D eigenvalue weighted by atomic mass is 32.1. The number of fused-ring (bicyclic) bond motifs is 2. The molecule has 1 fully saturated rings. The normalized spacial score (nSPS) is 14.9. The molecule has 0 saturated carbocycles. The number of hydrogen-bond donors (Lipinski definition) is 1. The van der Waals surface area contributed by atoms with Crippen molar-refractivity contribution in [1.82, 2.24) is 29.6 Å². The summed E-state index contributed by atoms with van der Waals surface area (Å²) < 4.78 is 15.1. The largest absolute Gasteiger partial charge is 0.492 e. The molecule has 10 heteroatoms. The lowest BCUT2D eigenvalue weighted by atomic mass is 9.86. The molecule has 0 atom stereocenters. The van der Waals surface area contributed by atoms with E-state index in [-0.39, 0.29) is 5.41 Å². The van der Waals surface area contributed by atoms with E-state index in [1.165, 1.54) is 0 Å². The highest BCUT2D eigenvalue weighted by molar-refractivity contribution is 7.16. The summed E-state index contributed by atoms with van der Waals surface area (Å²) in [6.45, 7) is 2.80. The molecule has 0 amide bonds. The van der Waals surface area contributed by atoms with Crippen LogP contribution in [0.25, 0.3) is 32.2 Å². The second kappa shape index (κ2) is 9.12. The number of rotatable bonds is 8. The van der Waals surface area contributed by atoms with Crippen molar-refractivity contribution in [2.24, 2.45) is 12.5 Å². The average Bonchev–Trinajstić information content (AvgIpc) is 3.48. The Bertz CT molecular complexity index is 1540. The van der Waals surface area contributed by atoms with Crippen molar-refractivity contribution in [1.29, 1.82) is 0 Å². The quantitative estimate of drug-likeness (QED) is 0.336. The summed E-state index contributed by atoms with van der Waals surface area (Å²) in [4.78, 5) is 15.8. The lowest BCUT2D eigenvalue weighted by Crippen LogP contribution is -2.53. The first kappa shape index (κ1) is 22.8. The van der Waals surface area contributed by atoms with E-state index in [1.807, 2.05) is 37.1 Å². The number of ether oxygens (including phenoxy) is 2. The molecule has 9 nitrogen and oxygen atoms in total. The maximum absolute atomic E-state index is 6.57. The number of nitrogens with zero attached hydrogens (tertiary/aromatic N) is 6. The Balaban J connectivity index is 1.42. The Morgan fingerprint density at radius 3 is 2.75 bits per heavy atom. The Hall–Kier alpha value is -3.60. The highest BCUT2D eigenvalue weighted by Gasteiger charge is 2.40. The van der Waals surface area contributed by atoms with Gasteiger partial charge in [-0.1, -0.05) is 0 Å². The summed E-state index contributed by atoms with van der Waals surface area (Å²) in [7, 11) is 6.07. The zero-order valence-electron chi connectivity index (χ0n) is 20.4. The number of aryl methyl sites for hydroxylation is 1. The van der Waals surface area contributed by atoms with E-state index in [2.05, 4.69) is 62.6 Å². The van der Waals surface area contributed by atoms with Gasteiger partial charge in [0.25, 0.3) is 0 Å². The van der Waals surface area contributed by atoms with Gasteiger partial charge in [-0.05, 0) is 50.0 Å². The maximum Gasteiger partial charge on any atom is 0.145 e. The molecule has 0 radical (unpaired) electrons. The van der Waals surface area contributed by atoms with Crippen LogP contribution >= 0.6 is 11.3 Å². The van der Waals surface area contributed by atoms with Gasteiger partial charge in [-0.2, -0.15) is 5.10 Å². The molecule has 1 N–H and O–H groups in total. The third-order valence-corrected chi connectivity index (χ3v) is 7.13. The molecular weight excluding hydrogens is 474 g/mol. The third-order valence-electron chi connectivity index (χ3n) is 6.34. The van der Waals surface area contributed by atoms with Crippen molar-refractivity contribution in [2.75, 3.05) is 45.8 Å². The monoisotopic (exact) mass is 501 g/mol. The molecule has 0 spiro atoms. The van der Waals surface area contributed by atoms with Crippen LogP contribution in [-0.4, -0.2) is 70.1 Å². The summed E-state index contributed by atoms with van der Waals surface area (Å²) in [5.74, 6) is 1.43. The first-order valence-electron chi connectivity index (χ1n) is 11.7. The number of aromatic nitrogens is 5. The van der Waals surface area contributed by atoms with Gasteiger partial charge in [0.15, 0.2) is 0 Å². The Kier molecular flexibility index (Phi) is 5.79. The van der Waals surface area contributed by atoms with Crippen LogP contribution < -0.4 is 10.1 Å². The lowest BCUT2D eigenvalue weighted by molar-refractivity contribution is -0.139. The van der Waals surface area contributed by atoms with Crippen molar-refractivity contribution in [2.45, 2.75) is 0 Å². The third kappa shape index (κ3) is 4.39. The molecule has 0 unspecified atom stereocenters. The van der Waals surface area contributed by atoms with Crippen molar-refractivity contribution in [3.63, 3.8) is 0 Å². The minimum Gasteiger partial charge on any atom is -0.492 e. The van der Waals surface area contributed by atoms with Gasteiger partial charge in [-0.15, -0.1) is 11.3 Å². The molecule has 1 aliphatic heterocycles. The Labute approximate surface area is 212 Å². The van der Waals surface area contributed by atoms with Crippen LogP contribution in [0.3, 0.4) is 0 Å². The van der Waals surface area contributed by atoms with E-state index in [4.69, 9.17) is 9.47 Å². The van der Waals surface area contributed by atoms with Gasteiger partial charge in [0, 0.05) is 31.0 Å². The summed E-state index contributed by atoms with van der Waals surface area (Å²) >= 11 is 1.61. The first-order chi connectivity index (χ1) is 17.5. The fraction of sp³-hybridized carbons (Fsp3) is 0.308. The smallest absolute Gasteiger partial charge is 0.145 e. The van der Waals surface area contributed by atoms with Crippen LogP contribution in [0.2, 0.25) is 0 Å². The van der Waals surface area contributed by atoms with Gasteiger partial charge < -0.3 is 19.7 Å². The number of benzene rings is 2. The predicted octanol–water partition coefficient (Wildman–Crippen LogP) is 4.34. The molecule has 1 saturated heterocycles. The van der Waals surface area contributed by atoms with Crippen LogP contribution in [0.4, 0.5) is 11.5 Å². The van der Waals surface area contributed by atoms with Crippen LogP contribution in [0.1, 0.15) is 0 Å². The topological polar surface area (TPSA) is 90.2 Å². The van der Waals surface area contributed by atoms with Crippen molar-refractivity contribution < 1.29 is 9.47 Å². The SMILES string of the molecule is CN(C)CC1(COc2cc(-c3cnn(C)c3)cc3ncnc(Nc4ccc5ncsc5c4)c23)COC1. The molecule has 184 valence electrons. The molecular formula is C26H27N7O2S. The van der Waals surface area contributed by atoms with E-state index < -0.39 is 0 Å². The van der Waals surface area contributed by atoms with Gasteiger partial charge in [0.2, 0.25) is 0 Å². The van der Waals surface area contributed by atoms with Crippen molar-refractivity contribution in [3.8, 4) is 16.9 Å². The summed E-state index contributed by atoms with van der Waals surface area (Å²) in [6.07, 6.45) is 5.42. The highest BCUT2D eigenvalue weighted by Crippen LogP contribution is 2.38. The number of nitrogens with one attached hydrogen (secondary N) is 1. The zero-order chi connectivity index (χ0) is 24.7. The van der Waals surface area contributed by atoms with Crippen molar-refractivity contribution >= 4 is 44.0 Å². The van der Waals surface area contributed by atoms with E-state index in [0.29, 0.717) is 25.6 Å². The van der Waals surface area contributed by atoms with Crippen LogP contribution in [-0.2, 0) is 11.8 Å². The Morgan fingerprint density at radius 1 is 1.11 bits per heavy atom. The summed E-state index contributed by atoms with van der Waals surface area (Å²) in [6, 6.07) is 10.2. The van der Waals surface area contributed by atoms with E-state index in [0.717, 1.165) is 50.2 Å². The fourth-order valence-corrected chi connectivity index (χ4v) is 5.40. The summed E-state index contributed by atoms with van der Waals surface area (Å²) in [5.41, 5.74) is 6.53. The average molecular weight is 502 g/mol. The second-order valence-electron chi connectivity index (χ2n) is 9.67. The second-order valence-corrected chi connectivity index (χ2v) is 10.6. The molecule has 5 aromatic rings. The zero-order valence-corrected chi connectivity index (χ0v) is 21.2. The predicted molar refractivity (Wildman–Crippen MR) is 142 cm³/mol. The standard InChI is InChI=1S/C26H27N7O2S/c1-32(2)11-26(12-34-13-26)14-35-22-7-17(18-9-30-33(3)10-18)6-21-24(22)25(28-15-27-21)31-19-4-5-20-23(8-19)36-16-29-20/h4-10,15-16H,11-14H2,1-3H3,(H,27,28,31). The minimum absolute atomic E-state index is 0.0411. The first-order valence-corrected chi connectivity index (χ1v) is 12.6. The van der Waals surface area contributed by atoms with Gasteiger partial charge in [-0.3, -0.25) is 4.68 Å². The molecule has 1 aliphatic rings. The molecule has 4 heterocycles. The molecule has 2 aromatic carbocycles. The van der Waals surface area contributed by atoms with Gasteiger partial charge in [0.1, 0.15) is 17.9 Å². The van der Waals surface area contributed by atoms with E-state index in [1.54, 1.807) is 22.3 Å². The lowest BCUT2D eigenvalue weighted by Gasteiger charge is -2.42. The summed E-state index contributed by atoms with van der Waals surface area (Å²) in [5, 5.41) is 8.67. The molecule has 0 bridgehead atoms. The number of anilines is 2. The molecule has 3 aromatic heterocycles. The van der Waals surface area contributed by atoms with Crippen LogP contribution in [0.15, 0.2) is 54.6 Å². The van der Waals surface area contributed by atoms with Gasteiger partial charge in [-0.25, -0.2) is 15.0 Å². The number of hydrogen-bond acceptors (Lipinski definition) is 9. The fourth-order valence-electron chi connectivity index (χ4n) is 4.68. The van der Waals surface area contributed by atoms with E-state index >= 15 is 0 Å². The van der Waals surface area contributed by atoms with Crippen LogP contribution in [0, 0.1) is 5.41 Å². The van der Waals surface area contributed by atoms with Crippen molar-refractivity contribution in [3.05, 3.63) is 54.6 Å². The molecule has 6 rings (SSSR count). The van der Waals surface area contributed by atoms with Gasteiger partial charge in [0.05, 0.1) is 58.1 Å². The Morgan fingerprint density at radius 2 is 2.00 bits per heavy atom.